The quantitative estimate of drug-likeness (QED) is 0.532. The first kappa shape index (κ1) is 17.7. The molecule has 0 unspecified atom stereocenters. The maximum atomic E-state index is 6.02. The smallest absolute Gasteiger partial charge is 0.171 e. The van der Waals surface area contributed by atoms with Crippen molar-refractivity contribution in [3.63, 3.8) is 0 Å². The molecule has 0 atom stereocenters. The van der Waals surface area contributed by atoms with Crippen LogP contribution in [0.2, 0.25) is 10.0 Å². The maximum Gasteiger partial charge on any atom is 0.171 e. The summed E-state index contributed by atoms with van der Waals surface area (Å²) in [5, 5.41) is 8.51. The first-order valence-corrected chi connectivity index (χ1v) is 8.92. The van der Waals surface area contributed by atoms with Crippen molar-refractivity contribution in [1.29, 1.82) is 0 Å². The SMILES string of the molecule is S=C(Nc1ccccc1)NC(c1ccc(Cl)cc1)c1ccc(Cl)cc1. The molecule has 0 radical (unpaired) electrons. The maximum absolute atomic E-state index is 6.02. The molecular formula is C20H16Cl2N2S. The fourth-order valence-electron chi connectivity index (χ4n) is 2.49. The van der Waals surface area contributed by atoms with Crippen molar-refractivity contribution in [2.24, 2.45) is 0 Å². The minimum atomic E-state index is -0.113. The molecule has 3 aromatic rings. The van der Waals surface area contributed by atoms with Gasteiger partial charge in [0.05, 0.1) is 6.04 Å². The van der Waals surface area contributed by atoms with Crippen molar-refractivity contribution in [3.8, 4) is 0 Å². The number of hydrogen-bond donors (Lipinski definition) is 2. The molecule has 5 heteroatoms. The monoisotopic (exact) mass is 386 g/mol. The zero-order valence-corrected chi connectivity index (χ0v) is 15.6. The van der Waals surface area contributed by atoms with Gasteiger partial charge in [0, 0.05) is 15.7 Å². The molecule has 25 heavy (non-hydrogen) atoms. The molecule has 0 aliphatic rings. The van der Waals surface area contributed by atoms with E-state index in [1.54, 1.807) is 0 Å². The van der Waals surface area contributed by atoms with Crippen LogP contribution >= 0.6 is 35.4 Å². The van der Waals surface area contributed by atoms with Crippen LogP contribution in [0.1, 0.15) is 17.2 Å². The molecule has 0 spiro atoms. The number of anilines is 1. The van der Waals surface area contributed by atoms with Crippen LogP contribution in [0.25, 0.3) is 0 Å². The zero-order valence-electron chi connectivity index (χ0n) is 13.2. The van der Waals surface area contributed by atoms with Gasteiger partial charge in [-0.25, -0.2) is 0 Å². The van der Waals surface area contributed by atoms with E-state index in [0.717, 1.165) is 16.8 Å². The lowest BCUT2D eigenvalue weighted by molar-refractivity contribution is 0.769. The van der Waals surface area contributed by atoms with Gasteiger partial charge in [0.2, 0.25) is 0 Å². The van der Waals surface area contributed by atoms with Gasteiger partial charge >= 0.3 is 0 Å². The molecule has 0 aromatic heterocycles. The van der Waals surface area contributed by atoms with Crippen molar-refractivity contribution in [2.75, 3.05) is 5.32 Å². The average Bonchev–Trinajstić information content (AvgIpc) is 2.62. The average molecular weight is 387 g/mol. The van der Waals surface area contributed by atoms with E-state index in [9.17, 15) is 0 Å². The Labute approximate surface area is 162 Å². The summed E-state index contributed by atoms with van der Waals surface area (Å²) in [6.07, 6.45) is 0. The highest BCUT2D eigenvalue weighted by molar-refractivity contribution is 7.80. The first-order chi connectivity index (χ1) is 12.1. The summed E-state index contributed by atoms with van der Waals surface area (Å²) in [7, 11) is 0. The van der Waals surface area contributed by atoms with E-state index < -0.39 is 0 Å². The Morgan fingerprint density at radius 2 is 1.20 bits per heavy atom. The molecule has 0 aliphatic carbocycles. The summed E-state index contributed by atoms with van der Waals surface area (Å²) in [4.78, 5) is 0. The van der Waals surface area contributed by atoms with Crippen LogP contribution in [0.4, 0.5) is 5.69 Å². The Morgan fingerprint density at radius 1 is 0.720 bits per heavy atom. The van der Waals surface area contributed by atoms with E-state index in [1.807, 2.05) is 78.9 Å². The minimum absolute atomic E-state index is 0.113. The third-order valence-corrected chi connectivity index (χ3v) is 4.44. The lowest BCUT2D eigenvalue weighted by Crippen LogP contribution is -2.33. The second-order valence-electron chi connectivity index (χ2n) is 5.50. The number of thiocarbonyl (C=S) groups is 1. The van der Waals surface area contributed by atoms with E-state index in [-0.39, 0.29) is 6.04 Å². The molecule has 0 saturated heterocycles. The summed E-state index contributed by atoms with van der Waals surface area (Å²) in [6, 6.07) is 25.1. The molecule has 0 fully saturated rings. The predicted octanol–water partition coefficient (Wildman–Crippen LogP) is 6.07. The van der Waals surface area contributed by atoms with Crippen LogP contribution in [0.5, 0.6) is 0 Å². The molecule has 0 saturated carbocycles. The lowest BCUT2D eigenvalue weighted by Gasteiger charge is -2.22. The van der Waals surface area contributed by atoms with Gasteiger partial charge in [0.15, 0.2) is 5.11 Å². The molecule has 126 valence electrons. The number of halogens is 2. The van der Waals surface area contributed by atoms with Gasteiger partial charge in [-0.1, -0.05) is 65.7 Å². The fourth-order valence-corrected chi connectivity index (χ4v) is 2.98. The van der Waals surface area contributed by atoms with Crippen molar-refractivity contribution < 1.29 is 0 Å². The van der Waals surface area contributed by atoms with E-state index in [0.29, 0.717) is 15.2 Å². The third-order valence-electron chi connectivity index (χ3n) is 3.71. The summed E-state index contributed by atoms with van der Waals surface area (Å²) in [5.74, 6) is 0. The Hall–Kier alpha value is -2.07. The van der Waals surface area contributed by atoms with Gasteiger partial charge in [0.1, 0.15) is 0 Å². The van der Waals surface area contributed by atoms with Gasteiger partial charge in [0.25, 0.3) is 0 Å². The largest absolute Gasteiger partial charge is 0.352 e. The van der Waals surface area contributed by atoms with E-state index in [4.69, 9.17) is 35.4 Å². The van der Waals surface area contributed by atoms with Crippen molar-refractivity contribution in [1.82, 2.24) is 5.32 Å². The summed E-state index contributed by atoms with van der Waals surface area (Å²) in [5.41, 5.74) is 3.05. The molecule has 0 bridgehead atoms. The van der Waals surface area contributed by atoms with Crippen LogP contribution < -0.4 is 10.6 Å². The molecular weight excluding hydrogens is 371 g/mol. The number of nitrogens with one attached hydrogen (secondary N) is 2. The van der Waals surface area contributed by atoms with Gasteiger partial charge in [-0.05, 0) is 59.7 Å². The number of para-hydroxylation sites is 1. The topological polar surface area (TPSA) is 24.1 Å². The van der Waals surface area contributed by atoms with Crippen LogP contribution in [0.15, 0.2) is 78.9 Å². The molecule has 2 nitrogen and oxygen atoms in total. The minimum Gasteiger partial charge on any atom is -0.352 e. The highest BCUT2D eigenvalue weighted by atomic mass is 35.5. The zero-order chi connectivity index (χ0) is 17.6. The van der Waals surface area contributed by atoms with Crippen LogP contribution in [0.3, 0.4) is 0 Å². The predicted molar refractivity (Wildman–Crippen MR) is 111 cm³/mol. The highest BCUT2D eigenvalue weighted by Crippen LogP contribution is 2.25. The normalized spacial score (nSPS) is 10.5. The molecule has 3 rings (SSSR count). The van der Waals surface area contributed by atoms with Gasteiger partial charge < -0.3 is 10.6 Å². The van der Waals surface area contributed by atoms with Crippen LogP contribution in [0, 0.1) is 0 Å². The first-order valence-electron chi connectivity index (χ1n) is 7.75. The third kappa shape index (κ3) is 4.95. The molecule has 2 N–H and O–H groups in total. The van der Waals surface area contributed by atoms with E-state index in [1.165, 1.54) is 0 Å². The molecule has 0 aliphatic heterocycles. The number of rotatable bonds is 4. The Balaban J connectivity index is 1.84. The van der Waals surface area contributed by atoms with Crippen molar-refractivity contribution in [3.05, 3.63) is 100 Å². The summed E-state index contributed by atoms with van der Waals surface area (Å²) < 4.78 is 0. The van der Waals surface area contributed by atoms with Crippen molar-refractivity contribution >= 4 is 46.2 Å². The Kier molecular flexibility index (Phi) is 5.92. The van der Waals surface area contributed by atoms with Crippen LogP contribution in [-0.2, 0) is 0 Å². The lowest BCUT2D eigenvalue weighted by atomic mass is 9.99. The molecule has 0 amide bonds. The fraction of sp³-hybridized carbons (Fsp3) is 0.0500. The Morgan fingerprint density at radius 3 is 1.68 bits per heavy atom. The van der Waals surface area contributed by atoms with Gasteiger partial charge in [-0.3, -0.25) is 0 Å². The van der Waals surface area contributed by atoms with Crippen LogP contribution in [-0.4, -0.2) is 5.11 Å². The highest BCUT2D eigenvalue weighted by Gasteiger charge is 2.15. The van der Waals surface area contributed by atoms with E-state index >= 15 is 0 Å². The Bertz CT molecular complexity index is 788. The standard InChI is InChI=1S/C20H16Cl2N2S/c21-16-10-6-14(7-11-16)19(15-8-12-17(22)13-9-15)24-20(25)23-18-4-2-1-3-5-18/h1-13,19H,(H2,23,24,25). The molecule has 0 heterocycles. The van der Waals surface area contributed by atoms with Gasteiger partial charge in [-0.2, -0.15) is 0 Å². The number of benzene rings is 3. The second kappa shape index (κ2) is 8.34. The second-order valence-corrected chi connectivity index (χ2v) is 6.78. The summed E-state index contributed by atoms with van der Waals surface area (Å²) in [6.45, 7) is 0. The van der Waals surface area contributed by atoms with Gasteiger partial charge in [-0.15, -0.1) is 0 Å². The van der Waals surface area contributed by atoms with Crippen molar-refractivity contribution in [2.45, 2.75) is 6.04 Å². The summed E-state index contributed by atoms with van der Waals surface area (Å²) >= 11 is 17.5. The number of hydrogen-bond acceptors (Lipinski definition) is 1. The van der Waals surface area contributed by atoms with E-state index in [2.05, 4.69) is 10.6 Å². The molecule has 3 aromatic carbocycles.